The van der Waals surface area contributed by atoms with Crippen molar-refractivity contribution >= 4 is 33.3 Å². The summed E-state index contributed by atoms with van der Waals surface area (Å²) in [5.41, 5.74) is 6.66. The van der Waals surface area contributed by atoms with Gasteiger partial charge in [-0.05, 0) is 30.3 Å². The standard InChI is InChI=1S/C13H9BrN4O/c14-10-3-1-8(6-15)11(5-10)18-13(19)9-2-4-12(16)17-7-9/h1-5,7H,(H2,16,17)(H,18,19). The minimum absolute atomic E-state index is 0.344. The molecule has 0 saturated heterocycles. The van der Waals surface area contributed by atoms with Gasteiger partial charge in [0.25, 0.3) is 5.91 Å². The summed E-state index contributed by atoms with van der Waals surface area (Å²) >= 11 is 3.29. The molecule has 6 heteroatoms. The summed E-state index contributed by atoms with van der Waals surface area (Å²) in [6, 6.07) is 10.2. The first-order valence-electron chi connectivity index (χ1n) is 5.32. The number of rotatable bonds is 2. The van der Waals surface area contributed by atoms with Gasteiger partial charge in [-0.1, -0.05) is 15.9 Å². The molecule has 1 aromatic heterocycles. The fourth-order valence-electron chi connectivity index (χ4n) is 1.45. The molecule has 0 radical (unpaired) electrons. The highest BCUT2D eigenvalue weighted by atomic mass is 79.9. The van der Waals surface area contributed by atoms with Crippen LogP contribution in [0.15, 0.2) is 41.0 Å². The summed E-state index contributed by atoms with van der Waals surface area (Å²) in [5.74, 6) is -0.00109. The molecule has 2 rings (SSSR count). The molecule has 0 atom stereocenters. The number of halogens is 1. The number of hydrogen-bond donors (Lipinski definition) is 2. The highest BCUT2D eigenvalue weighted by molar-refractivity contribution is 9.10. The molecule has 2 aromatic rings. The predicted molar refractivity (Wildman–Crippen MR) is 75.5 cm³/mol. The Hall–Kier alpha value is -2.39. The Bertz CT molecular complexity index is 661. The van der Waals surface area contributed by atoms with Crippen molar-refractivity contribution in [3.8, 4) is 6.07 Å². The average molecular weight is 317 g/mol. The number of nitrogen functional groups attached to an aromatic ring is 1. The van der Waals surface area contributed by atoms with Crippen LogP contribution in [0, 0.1) is 11.3 Å². The maximum absolute atomic E-state index is 12.0. The average Bonchev–Trinajstić information content (AvgIpc) is 2.39. The van der Waals surface area contributed by atoms with E-state index < -0.39 is 0 Å². The fourth-order valence-corrected chi connectivity index (χ4v) is 1.81. The van der Waals surface area contributed by atoms with Crippen molar-refractivity contribution in [2.75, 3.05) is 11.1 Å². The van der Waals surface area contributed by atoms with E-state index in [0.29, 0.717) is 22.6 Å². The molecule has 1 amide bonds. The first kappa shape index (κ1) is 13.1. The summed E-state index contributed by atoms with van der Waals surface area (Å²) in [6.45, 7) is 0. The van der Waals surface area contributed by atoms with Gasteiger partial charge in [-0.25, -0.2) is 4.98 Å². The smallest absolute Gasteiger partial charge is 0.257 e. The number of pyridine rings is 1. The van der Waals surface area contributed by atoms with Crippen LogP contribution in [0.5, 0.6) is 0 Å². The molecule has 0 unspecified atom stereocenters. The lowest BCUT2D eigenvalue weighted by atomic mass is 10.2. The summed E-state index contributed by atoms with van der Waals surface area (Å²) in [6.07, 6.45) is 1.38. The van der Waals surface area contributed by atoms with Gasteiger partial charge in [0.15, 0.2) is 0 Å². The Morgan fingerprint density at radius 1 is 1.37 bits per heavy atom. The highest BCUT2D eigenvalue weighted by Gasteiger charge is 2.09. The molecule has 0 aliphatic heterocycles. The number of amides is 1. The molecule has 0 saturated carbocycles. The van der Waals surface area contributed by atoms with Crippen LogP contribution >= 0.6 is 15.9 Å². The van der Waals surface area contributed by atoms with Crippen LogP contribution in [0.2, 0.25) is 0 Å². The highest BCUT2D eigenvalue weighted by Crippen LogP contribution is 2.21. The van der Waals surface area contributed by atoms with Crippen LogP contribution in [0.4, 0.5) is 11.5 Å². The van der Waals surface area contributed by atoms with E-state index in [1.807, 2.05) is 6.07 Å². The van der Waals surface area contributed by atoms with Gasteiger partial charge in [0.05, 0.1) is 16.8 Å². The van der Waals surface area contributed by atoms with Crippen molar-refractivity contribution in [2.24, 2.45) is 0 Å². The van der Waals surface area contributed by atoms with Gasteiger partial charge < -0.3 is 11.1 Å². The topological polar surface area (TPSA) is 91.8 Å². The second-order valence-electron chi connectivity index (χ2n) is 3.73. The fraction of sp³-hybridized carbons (Fsp3) is 0. The van der Waals surface area contributed by atoms with Gasteiger partial charge in [0, 0.05) is 10.7 Å². The predicted octanol–water partition coefficient (Wildman–Crippen LogP) is 2.55. The van der Waals surface area contributed by atoms with Gasteiger partial charge in [-0.2, -0.15) is 5.26 Å². The zero-order valence-corrected chi connectivity index (χ0v) is 11.3. The number of carbonyl (C=O) groups excluding carboxylic acids is 1. The van der Waals surface area contributed by atoms with Crippen molar-refractivity contribution in [3.63, 3.8) is 0 Å². The minimum Gasteiger partial charge on any atom is -0.384 e. The maximum atomic E-state index is 12.0. The van der Waals surface area contributed by atoms with Crippen molar-refractivity contribution in [3.05, 3.63) is 52.1 Å². The summed E-state index contributed by atoms with van der Waals surface area (Å²) in [4.78, 5) is 15.8. The molecule has 0 aliphatic rings. The minimum atomic E-state index is -0.345. The zero-order valence-electron chi connectivity index (χ0n) is 9.72. The van der Waals surface area contributed by atoms with Gasteiger partial charge in [0.1, 0.15) is 11.9 Å². The SMILES string of the molecule is N#Cc1ccc(Br)cc1NC(=O)c1ccc(N)nc1. The second kappa shape index (κ2) is 5.50. The second-order valence-corrected chi connectivity index (χ2v) is 4.64. The number of hydrogen-bond acceptors (Lipinski definition) is 4. The third-order valence-corrected chi connectivity index (χ3v) is 2.89. The van der Waals surface area contributed by atoms with Crippen molar-refractivity contribution in [1.29, 1.82) is 5.26 Å². The molecule has 0 bridgehead atoms. The van der Waals surface area contributed by atoms with E-state index in [1.165, 1.54) is 6.20 Å². The first-order chi connectivity index (χ1) is 9.10. The molecular formula is C13H9BrN4O. The van der Waals surface area contributed by atoms with Gasteiger partial charge in [0.2, 0.25) is 0 Å². The van der Waals surface area contributed by atoms with Crippen LogP contribution < -0.4 is 11.1 Å². The number of carbonyl (C=O) groups is 1. The van der Waals surface area contributed by atoms with Gasteiger partial charge in [-0.15, -0.1) is 0 Å². The molecule has 0 fully saturated rings. The number of benzene rings is 1. The van der Waals surface area contributed by atoms with Crippen LogP contribution in [0.25, 0.3) is 0 Å². The van der Waals surface area contributed by atoms with Crippen LogP contribution in [0.1, 0.15) is 15.9 Å². The van der Waals surface area contributed by atoms with Crippen LogP contribution in [0.3, 0.4) is 0 Å². The third kappa shape index (κ3) is 3.09. The van der Waals surface area contributed by atoms with E-state index in [4.69, 9.17) is 11.0 Å². The molecule has 1 heterocycles. The summed E-state index contributed by atoms with van der Waals surface area (Å²) < 4.78 is 0.775. The van der Waals surface area contributed by atoms with E-state index in [-0.39, 0.29) is 5.91 Å². The number of nitrogens with two attached hydrogens (primary N) is 1. The van der Waals surface area contributed by atoms with Gasteiger partial charge >= 0.3 is 0 Å². The van der Waals surface area contributed by atoms with E-state index >= 15 is 0 Å². The molecule has 5 nitrogen and oxygen atoms in total. The number of nitrogens with one attached hydrogen (secondary N) is 1. The van der Waals surface area contributed by atoms with Crippen LogP contribution in [-0.4, -0.2) is 10.9 Å². The first-order valence-corrected chi connectivity index (χ1v) is 6.12. The Kier molecular flexibility index (Phi) is 3.78. The van der Waals surface area contributed by atoms with Gasteiger partial charge in [-0.3, -0.25) is 4.79 Å². The van der Waals surface area contributed by atoms with E-state index in [1.54, 1.807) is 30.3 Å². The molecule has 3 N–H and O–H groups in total. The van der Waals surface area contributed by atoms with Crippen molar-refractivity contribution in [1.82, 2.24) is 4.98 Å². The number of anilines is 2. The molecule has 0 aliphatic carbocycles. The molecule has 0 spiro atoms. The monoisotopic (exact) mass is 316 g/mol. The number of nitriles is 1. The zero-order chi connectivity index (χ0) is 13.8. The van der Waals surface area contributed by atoms with Crippen LogP contribution in [-0.2, 0) is 0 Å². The molecule has 1 aromatic carbocycles. The normalized spacial score (nSPS) is 9.68. The lowest BCUT2D eigenvalue weighted by Crippen LogP contribution is -2.13. The summed E-state index contributed by atoms with van der Waals surface area (Å²) in [7, 11) is 0. The molecule has 19 heavy (non-hydrogen) atoms. The quantitative estimate of drug-likeness (QED) is 0.890. The maximum Gasteiger partial charge on any atom is 0.257 e. The van der Waals surface area contributed by atoms with Crippen molar-refractivity contribution < 1.29 is 4.79 Å². The van der Waals surface area contributed by atoms with E-state index in [9.17, 15) is 4.79 Å². The summed E-state index contributed by atoms with van der Waals surface area (Å²) in [5, 5.41) is 11.6. The lowest BCUT2D eigenvalue weighted by molar-refractivity contribution is 0.102. The molecular weight excluding hydrogens is 308 g/mol. The lowest BCUT2D eigenvalue weighted by Gasteiger charge is -2.07. The third-order valence-electron chi connectivity index (χ3n) is 2.40. The Labute approximate surface area is 118 Å². The van der Waals surface area contributed by atoms with Crippen molar-refractivity contribution in [2.45, 2.75) is 0 Å². The Morgan fingerprint density at radius 3 is 2.79 bits per heavy atom. The van der Waals surface area contributed by atoms with E-state index in [2.05, 4.69) is 26.2 Å². The number of nitrogens with zero attached hydrogens (tertiary/aromatic N) is 2. The van der Waals surface area contributed by atoms with E-state index in [0.717, 1.165) is 4.47 Å². The number of aromatic nitrogens is 1. The molecule has 94 valence electrons. The largest absolute Gasteiger partial charge is 0.384 e. The Morgan fingerprint density at radius 2 is 2.16 bits per heavy atom. The Balaban J connectivity index is 2.26.